The zero-order valence-electron chi connectivity index (χ0n) is 13.8. The highest BCUT2D eigenvalue weighted by Gasteiger charge is 2.12. The Kier molecular flexibility index (Phi) is 5.25. The fourth-order valence-electron chi connectivity index (χ4n) is 2.26. The zero-order valence-corrected chi connectivity index (χ0v) is 13.8. The van der Waals surface area contributed by atoms with Crippen molar-refractivity contribution in [1.82, 2.24) is 15.3 Å². The van der Waals surface area contributed by atoms with Gasteiger partial charge in [0.15, 0.2) is 12.3 Å². The number of nitrogens with zero attached hydrogens (tertiary/aromatic N) is 2. The van der Waals surface area contributed by atoms with E-state index in [4.69, 9.17) is 9.15 Å². The summed E-state index contributed by atoms with van der Waals surface area (Å²) in [6.07, 6.45) is 3.05. The van der Waals surface area contributed by atoms with Crippen LogP contribution in [0.25, 0.3) is 10.9 Å². The molecule has 3 aromatic rings. The summed E-state index contributed by atoms with van der Waals surface area (Å²) in [6.45, 7) is 2.16. The van der Waals surface area contributed by atoms with Crippen LogP contribution in [-0.2, 0) is 6.61 Å². The number of aromatic nitrogens is 2. The fraction of sp³-hybridized carbons (Fsp3) is 0.278. The Morgan fingerprint density at radius 2 is 2.28 bits per heavy atom. The number of carbonyl (C=O) groups excluding carboxylic acids is 1. The van der Waals surface area contributed by atoms with Gasteiger partial charge in [-0.25, -0.2) is 4.98 Å². The third-order valence-electron chi connectivity index (χ3n) is 3.57. The van der Waals surface area contributed by atoms with E-state index in [-0.39, 0.29) is 18.2 Å². The molecule has 0 fully saturated rings. The van der Waals surface area contributed by atoms with Crippen LogP contribution in [0, 0.1) is 0 Å². The number of rotatable bonds is 7. The molecular formula is C18H19N3O4. The molecule has 130 valence electrons. The lowest BCUT2D eigenvalue weighted by atomic mass is 10.2. The number of fused-ring (bicyclic) bond motifs is 1. The minimum atomic E-state index is -0.460. The van der Waals surface area contributed by atoms with Crippen LogP contribution in [0.4, 0.5) is 0 Å². The van der Waals surface area contributed by atoms with Crippen molar-refractivity contribution in [2.24, 2.45) is 0 Å². The largest absolute Gasteiger partial charge is 0.484 e. The summed E-state index contributed by atoms with van der Waals surface area (Å²) in [7, 11) is 0. The van der Waals surface area contributed by atoms with Crippen LogP contribution in [0.15, 0.2) is 47.2 Å². The molecule has 7 nitrogen and oxygen atoms in total. The Balaban J connectivity index is 1.56. The van der Waals surface area contributed by atoms with Crippen molar-refractivity contribution in [3.8, 4) is 5.75 Å². The van der Waals surface area contributed by atoms with E-state index in [9.17, 15) is 9.90 Å². The van der Waals surface area contributed by atoms with E-state index in [1.165, 1.54) is 6.26 Å². The van der Waals surface area contributed by atoms with Gasteiger partial charge in [0.25, 0.3) is 5.91 Å². The molecule has 0 aliphatic rings. The second-order valence-electron chi connectivity index (χ2n) is 5.67. The summed E-state index contributed by atoms with van der Waals surface area (Å²) in [5.41, 5.74) is 1.08. The van der Waals surface area contributed by atoms with E-state index < -0.39 is 6.10 Å². The number of carbonyl (C=O) groups is 1. The molecule has 1 unspecified atom stereocenters. The molecule has 3 rings (SSSR count). The van der Waals surface area contributed by atoms with Gasteiger partial charge in [0.05, 0.1) is 11.6 Å². The lowest BCUT2D eigenvalue weighted by Crippen LogP contribution is -2.26. The first-order valence-electron chi connectivity index (χ1n) is 8.00. The van der Waals surface area contributed by atoms with Crippen molar-refractivity contribution >= 4 is 16.8 Å². The van der Waals surface area contributed by atoms with Crippen molar-refractivity contribution in [1.29, 1.82) is 0 Å². The number of nitrogens with one attached hydrogen (secondary N) is 1. The summed E-state index contributed by atoms with van der Waals surface area (Å²) in [4.78, 5) is 20.3. The summed E-state index contributed by atoms with van der Waals surface area (Å²) in [5, 5.41) is 12.8. The minimum absolute atomic E-state index is 0.118. The molecule has 0 bridgehead atoms. The SMILES string of the molecule is CC(O)CCNC(=O)c1coc(COc2ccc3ncccc3c2)n1. The molecule has 2 heterocycles. The first-order valence-corrected chi connectivity index (χ1v) is 8.00. The quantitative estimate of drug-likeness (QED) is 0.684. The van der Waals surface area contributed by atoms with Gasteiger partial charge in [0.2, 0.25) is 5.89 Å². The van der Waals surface area contributed by atoms with E-state index in [1.807, 2.05) is 30.3 Å². The molecule has 1 atom stereocenters. The van der Waals surface area contributed by atoms with Gasteiger partial charge in [0, 0.05) is 18.1 Å². The van der Waals surface area contributed by atoms with E-state index in [0.29, 0.717) is 24.6 Å². The van der Waals surface area contributed by atoms with Crippen LogP contribution in [-0.4, -0.2) is 33.6 Å². The summed E-state index contributed by atoms with van der Waals surface area (Å²) < 4.78 is 10.9. The second-order valence-corrected chi connectivity index (χ2v) is 5.67. The predicted molar refractivity (Wildman–Crippen MR) is 91.2 cm³/mol. The number of hydrogen-bond acceptors (Lipinski definition) is 6. The summed E-state index contributed by atoms with van der Waals surface area (Å²) in [5.74, 6) is 0.640. The van der Waals surface area contributed by atoms with Crippen LogP contribution in [0.2, 0.25) is 0 Å². The Morgan fingerprint density at radius 3 is 3.12 bits per heavy atom. The molecule has 25 heavy (non-hydrogen) atoms. The average Bonchev–Trinajstić information content (AvgIpc) is 3.08. The highest BCUT2D eigenvalue weighted by molar-refractivity contribution is 5.91. The van der Waals surface area contributed by atoms with Crippen molar-refractivity contribution in [3.05, 3.63) is 54.4 Å². The van der Waals surface area contributed by atoms with Crippen molar-refractivity contribution < 1.29 is 19.1 Å². The molecule has 2 N–H and O–H groups in total. The number of ether oxygens (including phenoxy) is 1. The Bertz CT molecular complexity index is 860. The van der Waals surface area contributed by atoms with Crippen LogP contribution in [0.5, 0.6) is 5.75 Å². The van der Waals surface area contributed by atoms with E-state index in [0.717, 1.165) is 10.9 Å². The lowest BCUT2D eigenvalue weighted by Gasteiger charge is -2.05. The van der Waals surface area contributed by atoms with Crippen LogP contribution < -0.4 is 10.1 Å². The van der Waals surface area contributed by atoms with Crippen molar-refractivity contribution in [2.75, 3.05) is 6.54 Å². The smallest absolute Gasteiger partial charge is 0.273 e. The molecule has 0 radical (unpaired) electrons. The molecule has 0 aliphatic heterocycles. The van der Waals surface area contributed by atoms with Gasteiger partial charge in [-0.05, 0) is 37.6 Å². The zero-order chi connectivity index (χ0) is 17.6. The Labute approximate surface area is 144 Å². The molecule has 0 spiro atoms. The number of benzene rings is 1. The average molecular weight is 341 g/mol. The monoisotopic (exact) mass is 341 g/mol. The first kappa shape index (κ1) is 16.9. The summed E-state index contributed by atoms with van der Waals surface area (Å²) >= 11 is 0. The lowest BCUT2D eigenvalue weighted by molar-refractivity contribution is 0.0940. The number of hydrogen-bond donors (Lipinski definition) is 2. The van der Waals surface area contributed by atoms with Gasteiger partial charge in [0.1, 0.15) is 12.0 Å². The molecule has 1 amide bonds. The van der Waals surface area contributed by atoms with Gasteiger partial charge in [-0.15, -0.1) is 0 Å². The highest BCUT2D eigenvalue weighted by Crippen LogP contribution is 2.19. The maximum Gasteiger partial charge on any atom is 0.273 e. The fourth-order valence-corrected chi connectivity index (χ4v) is 2.26. The maximum absolute atomic E-state index is 11.9. The van der Waals surface area contributed by atoms with E-state index in [2.05, 4.69) is 15.3 Å². The number of oxazole rings is 1. The van der Waals surface area contributed by atoms with Crippen molar-refractivity contribution in [3.63, 3.8) is 0 Å². The number of aliphatic hydroxyl groups excluding tert-OH is 1. The second kappa shape index (κ2) is 7.76. The van der Waals surface area contributed by atoms with E-state index in [1.54, 1.807) is 13.1 Å². The third kappa shape index (κ3) is 4.54. The topological polar surface area (TPSA) is 97.5 Å². The molecule has 0 saturated carbocycles. The third-order valence-corrected chi connectivity index (χ3v) is 3.57. The number of amides is 1. The number of aliphatic hydroxyl groups is 1. The summed E-state index contributed by atoms with van der Waals surface area (Å²) in [6, 6.07) is 9.40. The first-order chi connectivity index (χ1) is 12.1. The Morgan fingerprint density at radius 1 is 1.40 bits per heavy atom. The predicted octanol–water partition coefficient (Wildman–Crippen LogP) is 2.30. The molecule has 0 aliphatic carbocycles. The molecule has 7 heteroatoms. The highest BCUT2D eigenvalue weighted by atomic mass is 16.5. The maximum atomic E-state index is 11.9. The van der Waals surface area contributed by atoms with Crippen LogP contribution in [0.3, 0.4) is 0 Å². The van der Waals surface area contributed by atoms with Gasteiger partial charge >= 0.3 is 0 Å². The normalized spacial score (nSPS) is 12.1. The van der Waals surface area contributed by atoms with Crippen LogP contribution in [0.1, 0.15) is 29.7 Å². The van der Waals surface area contributed by atoms with Crippen molar-refractivity contribution in [2.45, 2.75) is 26.1 Å². The van der Waals surface area contributed by atoms with Gasteiger partial charge in [-0.2, -0.15) is 0 Å². The standard InChI is InChI=1S/C18H19N3O4/c1-12(22)6-8-20-18(23)16-10-25-17(21-16)11-24-14-4-5-15-13(9-14)3-2-7-19-15/h2-5,7,9-10,12,22H,6,8,11H2,1H3,(H,20,23). The van der Waals surface area contributed by atoms with Crippen LogP contribution >= 0.6 is 0 Å². The molecular weight excluding hydrogens is 322 g/mol. The Hall–Kier alpha value is -2.93. The molecule has 1 aromatic carbocycles. The van der Waals surface area contributed by atoms with E-state index >= 15 is 0 Å². The molecule has 0 saturated heterocycles. The van der Waals surface area contributed by atoms with Gasteiger partial charge in [-0.1, -0.05) is 6.07 Å². The molecule has 2 aromatic heterocycles. The minimum Gasteiger partial charge on any atom is -0.484 e. The van der Waals surface area contributed by atoms with Gasteiger partial charge < -0.3 is 19.6 Å². The number of pyridine rings is 1. The van der Waals surface area contributed by atoms with Gasteiger partial charge in [-0.3, -0.25) is 9.78 Å².